The number of halogens is 2. The lowest BCUT2D eigenvalue weighted by Gasteiger charge is -2.20. The molecular formula is C17H14ClFN4O3. The maximum Gasteiger partial charge on any atom is 0.354 e. The van der Waals surface area contributed by atoms with Crippen molar-refractivity contribution in [3.8, 4) is 0 Å². The van der Waals surface area contributed by atoms with Crippen molar-refractivity contribution in [2.75, 3.05) is 5.01 Å². The number of ether oxygens (including phenoxy) is 1. The van der Waals surface area contributed by atoms with Crippen LogP contribution in [0.2, 0.25) is 5.15 Å². The maximum absolute atomic E-state index is 13.1. The summed E-state index contributed by atoms with van der Waals surface area (Å²) >= 11 is 5.70. The molecule has 0 spiro atoms. The summed E-state index contributed by atoms with van der Waals surface area (Å²) in [6.07, 6.45) is 1.49. The van der Waals surface area contributed by atoms with Gasteiger partial charge in [-0.05, 0) is 30.3 Å². The summed E-state index contributed by atoms with van der Waals surface area (Å²) in [7, 11) is 0. The van der Waals surface area contributed by atoms with Crippen molar-refractivity contribution in [1.29, 1.82) is 0 Å². The van der Waals surface area contributed by atoms with Gasteiger partial charge in [-0.3, -0.25) is 9.80 Å². The molecule has 2 heterocycles. The number of aromatic nitrogens is 1. The van der Waals surface area contributed by atoms with Gasteiger partial charge >= 0.3 is 5.97 Å². The van der Waals surface area contributed by atoms with Gasteiger partial charge in [0.1, 0.15) is 29.3 Å². The summed E-state index contributed by atoms with van der Waals surface area (Å²) in [6.45, 7) is -0.0141. The Hall–Kier alpha value is -3.00. The Morgan fingerprint density at radius 1 is 1.27 bits per heavy atom. The molecule has 0 fully saturated rings. The maximum atomic E-state index is 13.1. The lowest BCUT2D eigenvalue weighted by molar-refractivity contribution is -0.136. The molecule has 0 saturated heterocycles. The zero-order chi connectivity index (χ0) is 18.7. The van der Waals surface area contributed by atoms with Gasteiger partial charge in [0.15, 0.2) is 0 Å². The van der Waals surface area contributed by atoms with Crippen LogP contribution in [-0.4, -0.2) is 28.6 Å². The minimum absolute atomic E-state index is 0.00438. The van der Waals surface area contributed by atoms with E-state index >= 15 is 0 Å². The highest BCUT2D eigenvalue weighted by atomic mass is 35.5. The van der Waals surface area contributed by atoms with E-state index in [-0.39, 0.29) is 18.7 Å². The minimum atomic E-state index is -0.847. The molecule has 2 N–H and O–H groups in total. The lowest BCUT2D eigenvalue weighted by atomic mass is 10.1. The zero-order valence-electron chi connectivity index (χ0n) is 13.4. The molecule has 1 unspecified atom stereocenters. The molecule has 0 aliphatic carbocycles. The van der Waals surface area contributed by atoms with Gasteiger partial charge in [0.05, 0.1) is 5.69 Å². The summed E-state index contributed by atoms with van der Waals surface area (Å²) < 4.78 is 18.3. The Morgan fingerprint density at radius 3 is 2.62 bits per heavy atom. The number of hydrazone groups is 1. The molecule has 1 aromatic heterocycles. The number of amides is 1. The molecule has 7 nitrogen and oxygen atoms in total. The largest absolute Gasteiger partial charge is 0.456 e. The Kier molecular flexibility index (Phi) is 5.13. The topological polar surface area (TPSA) is 97.9 Å². The quantitative estimate of drug-likeness (QED) is 0.636. The van der Waals surface area contributed by atoms with E-state index in [0.717, 1.165) is 0 Å². The van der Waals surface area contributed by atoms with Gasteiger partial charge < -0.3 is 10.5 Å². The molecule has 1 aliphatic heterocycles. The summed E-state index contributed by atoms with van der Waals surface area (Å²) in [5.74, 6) is -1.75. The van der Waals surface area contributed by atoms with Gasteiger partial charge in [0.25, 0.3) is 0 Å². The molecular weight excluding hydrogens is 363 g/mol. The molecule has 26 heavy (non-hydrogen) atoms. The first-order valence-electron chi connectivity index (χ1n) is 7.63. The summed E-state index contributed by atoms with van der Waals surface area (Å²) in [4.78, 5) is 27.8. The van der Waals surface area contributed by atoms with E-state index in [0.29, 0.717) is 16.4 Å². The van der Waals surface area contributed by atoms with Gasteiger partial charge in [0, 0.05) is 18.2 Å². The number of anilines is 1. The van der Waals surface area contributed by atoms with E-state index in [9.17, 15) is 14.0 Å². The summed E-state index contributed by atoms with van der Waals surface area (Å²) in [5, 5.41) is 5.76. The fourth-order valence-electron chi connectivity index (χ4n) is 2.41. The van der Waals surface area contributed by atoms with E-state index in [1.165, 1.54) is 35.5 Å². The number of benzene rings is 1. The third-order valence-corrected chi connectivity index (χ3v) is 3.95. The average Bonchev–Trinajstić information content (AvgIpc) is 3.07. The van der Waals surface area contributed by atoms with Crippen LogP contribution in [0.5, 0.6) is 0 Å². The molecule has 1 aliphatic rings. The number of carbonyl (C=O) groups is 2. The van der Waals surface area contributed by atoms with E-state index < -0.39 is 23.7 Å². The minimum Gasteiger partial charge on any atom is -0.456 e. The number of hydrogen-bond donors (Lipinski definition) is 1. The number of hydrogen-bond acceptors (Lipinski definition) is 6. The van der Waals surface area contributed by atoms with Crippen LogP contribution >= 0.6 is 11.6 Å². The van der Waals surface area contributed by atoms with E-state index in [2.05, 4.69) is 10.1 Å². The zero-order valence-corrected chi connectivity index (χ0v) is 14.2. The van der Waals surface area contributed by atoms with Crippen LogP contribution in [0, 0.1) is 5.82 Å². The van der Waals surface area contributed by atoms with Crippen LogP contribution in [0.15, 0.2) is 47.7 Å². The predicted octanol–water partition coefficient (Wildman–Crippen LogP) is 2.04. The average molecular weight is 377 g/mol. The number of carbonyl (C=O) groups excluding carboxylic acids is 2. The van der Waals surface area contributed by atoms with Crippen molar-refractivity contribution in [2.24, 2.45) is 10.8 Å². The lowest BCUT2D eigenvalue weighted by Crippen LogP contribution is -2.39. The van der Waals surface area contributed by atoms with E-state index in [4.69, 9.17) is 22.1 Å². The van der Waals surface area contributed by atoms with Gasteiger partial charge in [-0.1, -0.05) is 17.7 Å². The Bertz CT molecular complexity index is 855. The second kappa shape index (κ2) is 7.49. The number of esters is 1. The van der Waals surface area contributed by atoms with Crippen LogP contribution in [0.25, 0.3) is 0 Å². The van der Waals surface area contributed by atoms with Gasteiger partial charge in [-0.25, -0.2) is 14.2 Å². The van der Waals surface area contributed by atoms with Crippen molar-refractivity contribution in [1.82, 2.24) is 4.98 Å². The number of nitrogens with two attached hydrogens (primary N) is 1. The third kappa shape index (κ3) is 3.97. The van der Waals surface area contributed by atoms with Crippen LogP contribution in [0.4, 0.5) is 10.1 Å². The Balaban J connectivity index is 1.73. The molecule has 2 aromatic rings. The standard InChI is InChI=1S/C17H14ClFN4O3/c18-15-6-1-10(8-21-15)9-26-17(25)13-7-14(16(20)24)23(22-13)12-4-2-11(19)3-5-12/h1-6,8,14H,7,9H2,(H2,20,24). The normalized spacial score (nSPS) is 16.3. The van der Waals surface area contributed by atoms with Crippen molar-refractivity contribution < 1.29 is 18.7 Å². The number of rotatable bonds is 5. The van der Waals surface area contributed by atoms with Gasteiger partial charge in [0.2, 0.25) is 5.91 Å². The van der Waals surface area contributed by atoms with Crippen molar-refractivity contribution in [3.05, 3.63) is 59.1 Å². The molecule has 0 bridgehead atoms. The smallest absolute Gasteiger partial charge is 0.354 e. The van der Waals surface area contributed by atoms with Crippen LogP contribution in [0.1, 0.15) is 12.0 Å². The fourth-order valence-corrected chi connectivity index (χ4v) is 2.52. The van der Waals surface area contributed by atoms with Crippen LogP contribution in [0.3, 0.4) is 0 Å². The Labute approximate surface area is 153 Å². The highest BCUT2D eigenvalue weighted by Gasteiger charge is 2.35. The summed E-state index contributed by atoms with van der Waals surface area (Å²) in [5.41, 5.74) is 6.55. The second-order valence-corrected chi connectivity index (χ2v) is 5.94. The first-order chi connectivity index (χ1) is 12.4. The first kappa shape index (κ1) is 17.8. The number of primary amides is 1. The van der Waals surface area contributed by atoms with Crippen molar-refractivity contribution in [2.45, 2.75) is 19.1 Å². The SMILES string of the molecule is NC(=O)C1CC(C(=O)OCc2ccc(Cl)nc2)=NN1c1ccc(F)cc1. The second-order valence-electron chi connectivity index (χ2n) is 5.56. The molecule has 0 saturated carbocycles. The summed E-state index contributed by atoms with van der Waals surface area (Å²) in [6, 6.07) is 7.76. The molecule has 0 radical (unpaired) electrons. The number of pyridine rings is 1. The molecule has 1 amide bonds. The molecule has 134 valence electrons. The highest BCUT2D eigenvalue weighted by molar-refractivity contribution is 6.38. The number of nitrogens with zero attached hydrogens (tertiary/aromatic N) is 3. The van der Waals surface area contributed by atoms with Crippen LogP contribution in [-0.2, 0) is 20.9 Å². The van der Waals surface area contributed by atoms with Crippen molar-refractivity contribution >= 4 is 34.9 Å². The monoisotopic (exact) mass is 376 g/mol. The Morgan fingerprint density at radius 2 is 2.00 bits per heavy atom. The van der Waals surface area contributed by atoms with E-state index in [1.807, 2.05) is 0 Å². The molecule has 9 heteroatoms. The van der Waals surface area contributed by atoms with E-state index in [1.54, 1.807) is 12.1 Å². The van der Waals surface area contributed by atoms with Crippen LogP contribution < -0.4 is 10.7 Å². The highest BCUT2D eigenvalue weighted by Crippen LogP contribution is 2.25. The predicted molar refractivity (Wildman–Crippen MR) is 93.0 cm³/mol. The fraction of sp³-hybridized carbons (Fsp3) is 0.176. The molecule has 1 atom stereocenters. The van der Waals surface area contributed by atoms with Gasteiger partial charge in [-0.15, -0.1) is 0 Å². The van der Waals surface area contributed by atoms with Crippen molar-refractivity contribution in [3.63, 3.8) is 0 Å². The first-order valence-corrected chi connectivity index (χ1v) is 8.01. The third-order valence-electron chi connectivity index (χ3n) is 3.72. The molecule has 1 aromatic carbocycles. The van der Waals surface area contributed by atoms with Gasteiger partial charge in [-0.2, -0.15) is 5.10 Å². The molecule has 3 rings (SSSR count).